The highest BCUT2D eigenvalue weighted by molar-refractivity contribution is 5.59. The Bertz CT molecular complexity index is 1970. The van der Waals surface area contributed by atoms with Gasteiger partial charge in [-0.3, -0.25) is 0 Å². The summed E-state index contributed by atoms with van der Waals surface area (Å²) in [7, 11) is 0. The maximum Gasteiger partial charge on any atom is 0.123 e. The highest BCUT2D eigenvalue weighted by Gasteiger charge is 2.33. The molecule has 0 heterocycles. The van der Waals surface area contributed by atoms with Gasteiger partial charge in [-0.15, -0.1) is 0 Å². The molecule has 0 aliphatic heterocycles. The fraction of sp³-hybridized carbons (Fsp3) is 0.600. The van der Waals surface area contributed by atoms with Gasteiger partial charge >= 0.3 is 0 Å². The zero-order chi connectivity index (χ0) is 50.0. The van der Waals surface area contributed by atoms with Crippen molar-refractivity contribution in [3.63, 3.8) is 0 Å². The summed E-state index contributed by atoms with van der Waals surface area (Å²) < 4.78 is 0. The molecule has 4 nitrogen and oxygen atoms in total. The van der Waals surface area contributed by atoms with E-state index in [0.29, 0.717) is 23.0 Å². The zero-order valence-electron chi connectivity index (χ0n) is 45.6. The summed E-state index contributed by atoms with van der Waals surface area (Å²) in [5.41, 5.74) is 11.2. The number of hydrogen-bond donors (Lipinski definition) is 4. The van der Waals surface area contributed by atoms with Crippen LogP contribution in [0.15, 0.2) is 48.5 Å². The Morgan fingerprint density at radius 3 is 0.500 bits per heavy atom. The van der Waals surface area contributed by atoms with Crippen molar-refractivity contribution in [3.05, 3.63) is 115 Å². The van der Waals surface area contributed by atoms with Gasteiger partial charge in [-0.2, -0.15) is 0 Å². The molecule has 4 aromatic carbocycles. The van der Waals surface area contributed by atoms with Gasteiger partial charge in [0.25, 0.3) is 0 Å². The van der Waals surface area contributed by atoms with Gasteiger partial charge in [0, 0.05) is 34.1 Å². The highest BCUT2D eigenvalue weighted by Crippen LogP contribution is 2.49. The van der Waals surface area contributed by atoms with Crippen molar-refractivity contribution in [3.8, 4) is 23.0 Å². The van der Waals surface area contributed by atoms with E-state index in [4.69, 9.17) is 0 Å². The van der Waals surface area contributed by atoms with Crippen molar-refractivity contribution >= 4 is 0 Å². The van der Waals surface area contributed by atoms with E-state index in [1.54, 1.807) is 0 Å². The van der Waals surface area contributed by atoms with Gasteiger partial charge in [0.15, 0.2) is 0 Å². The molecule has 0 saturated heterocycles. The molecule has 0 amide bonds. The smallest absolute Gasteiger partial charge is 0.123 e. The molecule has 356 valence electrons. The van der Waals surface area contributed by atoms with Crippen LogP contribution in [0.1, 0.15) is 259 Å². The minimum Gasteiger partial charge on any atom is -0.507 e. The van der Waals surface area contributed by atoms with Crippen LogP contribution in [-0.4, -0.2) is 20.4 Å². The van der Waals surface area contributed by atoms with E-state index in [-0.39, 0.29) is 55.2 Å². The molecule has 0 radical (unpaired) electrons. The molecule has 0 fully saturated rings. The van der Waals surface area contributed by atoms with Gasteiger partial charge in [0.2, 0.25) is 0 Å². The Balaban J connectivity index is 0.000000340. The third kappa shape index (κ3) is 12.3. The van der Waals surface area contributed by atoms with Crippen LogP contribution in [0.4, 0.5) is 0 Å². The molecular formula is C60H92O4. The predicted octanol–water partition coefficient (Wildman–Crippen LogP) is 16.9. The standard InChI is InChI=1S/2C30H46O2/c2*1-18(21-14-19(27(2,3)4)16-23(25(21)31)29(8,9)10)22-15-20(28(5,6)7)17-24(26(22)32)30(11,12)13/h2*14-18,31-32H,1-13H3. The minimum absolute atomic E-state index is 0.0476. The molecule has 0 aliphatic rings. The number of phenolic OH excluding ortho intramolecular Hbond substituents is 4. The second kappa shape index (κ2) is 17.7. The molecular weight excluding hydrogens is 785 g/mol. The van der Waals surface area contributed by atoms with Crippen molar-refractivity contribution in [2.24, 2.45) is 0 Å². The van der Waals surface area contributed by atoms with Gasteiger partial charge in [-0.05, 0) is 87.8 Å². The molecule has 0 spiro atoms. The number of phenols is 4. The molecule has 0 aromatic heterocycles. The summed E-state index contributed by atoms with van der Waals surface area (Å²) in [5.74, 6) is 1.07. The molecule has 0 atom stereocenters. The Hall–Kier alpha value is -3.92. The third-order valence-corrected chi connectivity index (χ3v) is 13.1. The van der Waals surface area contributed by atoms with Gasteiger partial charge in [-0.25, -0.2) is 0 Å². The maximum absolute atomic E-state index is 11.4. The van der Waals surface area contributed by atoms with Crippen LogP contribution in [0.2, 0.25) is 0 Å². The van der Waals surface area contributed by atoms with Gasteiger partial charge in [0.1, 0.15) is 23.0 Å². The molecule has 0 bridgehead atoms. The summed E-state index contributed by atoms with van der Waals surface area (Å²) in [4.78, 5) is 0. The van der Waals surface area contributed by atoms with E-state index in [9.17, 15) is 20.4 Å². The summed E-state index contributed by atoms with van der Waals surface area (Å²) in [5, 5.41) is 45.7. The van der Waals surface area contributed by atoms with E-state index in [1.807, 2.05) is 0 Å². The fourth-order valence-electron chi connectivity index (χ4n) is 8.30. The van der Waals surface area contributed by atoms with E-state index < -0.39 is 0 Å². The molecule has 4 aromatic rings. The van der Waals surface area contributed by atoms with Crippen molar-refractivity contribution in [2.75, 3.05) is 0 Å². The lowest BCUT2D eigenvalue weighted by Gasteiger charge is -2.31. The molecule has 0 unspecified atom stereocenters. The number of hydrogen-bond acceptors (Lipinski definition) is 4. The number of benzene rings is 4. The quantitative estimate of drug-likeness (QED) is 0.165. The first-order valence-corrected chi connectivity index (χ1v) is 23.8. The SMILES string of the molecule is CC(c1cc(C(C)(C)C)cc(C(C)(C)C)c1O)c1cc(C(C)(C)C)cc(C(C)(C)C)c1O.CC(c1cc(C(C)(C)C)cc(C(C)(C)C)c1O)c1cc(C(C)(C)C)cc(C(C)(C)C)c1O. The fourth-order valence-corrected chi connectivity index (χ4v) is 8.30. The monoisotopic (exact) mass is 877 g/mol. The third-order valence-electron chi connectivity index (χ3n) is 13.1. The van der Waals surface area contributed by atoms with Gasteiger partial charge in [-0.1, -0.05) is 229 Å². The summed E-state index contributed by atoms with van der Waals surface area (Å²) in [6, 6.07) is 17.1. The zero-order valence-corrected chi connectivity index (χ0v) is 45.6. The lowest BCUT2D eigenvalue weighted by molar-refractivity contribution is 0.426. The van der Waals surface area contributed by atoms with Crippen molar-refractivity contribution < 1.29 is 20.4 Å². The van der Waals surface area contributed by atoms with Crippen molar-refractivity contribution in [1.82, 2.24) is 0 Å². The Labute approximate surface area is 392 Å². The first-order chi connectivity index (χ1) is 28.3. The van der Waals surface area contributed by atoms with Crippen LogP contribution in [0.25, 0.3) is 0 Å². The van der Waals surface area contributed by atoms with E-state index in [1.165, 1.54) is 22.3 Å². The molecule has 4 heteroatoms. The van der Waals surface area contributed by atoms with Crippen LogP contribution < -0.4 is 0 Å². The maximum atomic E-state index is 11.4. The number of rotatable bonds is 4. The lowest BCUT2D eigenvalue weighted by atomic mass is 9.74. The normalized spacial score (nSPS) is 13.7. The molecule has 4 rings (SSSR count). The van der Waals surface area contributed by atoms with E-state index in [0.717, 1.165) is 44.5 Å². The Morgan fingerprint density at radius 2 is 0.391 bits per heavy atom. The second-order valence-electron chi connectivity index (χ2n) is 27.3. The Kier molecular flexibility index (Phi) is 15.1. The topological polar surface area (TPSA) is 80.9 Å². The second-order valence-corrected chi connectivity index (χ2v) is 27.3. The van der Waals surface area contributed by atoms with E-state index >= 15 is 0 Å². The van der Waals surface area contributed by atoms with Crippen molar-refractivity contribution in [1.29, 1.82) is 0 Å². The van der Waals surface area contributed by atoms with Crippen LogP contribution in [0.3, 0.4) is 0 Å². The largest absolute Gasteiger partial charge is 0.507 e. The van der Waals surface area contributed by atoms with E-state index in [2.05, 4.69) is 229 Å². The molecule has 64 heavy (non-hydrogen) atoms. The molecule has 0 saturated carbocycles. The highest BCUT2D eigenvalue weighted by atomic mass is 16.3. The van der Waals surface area contributed by atoms with Crippen LogP contribution in [-0.2, 0) is 43.3 Å². The van der Waals surface area contributed by atoms with Crippen LogP contribution >= 0.6 is 0 Å². The lowest BCUT2D eigenvalue weighted by Crippen LogP contribution is -2.19. The first kappa shape index (κ1) is 54.4. The minimum atomic E-state index is -0.189. The van der Waals surface area contributed by atoms with Gasteiger partial charge in [0.05, 0.1) is 0 Å². The first-order valence-electron chi connectivity index (χ1n) is 23.8. The van der Waals surface area contributed by atoms with Crippen molar-refractivity contribution in [2.45, 2.75) is 235 Å². The number of aromatic hydroxyl groups is 4. The molecule has 0 aliphatic carbocycles. The average molecular weight is 877 g/mol. The average Bonchev–Trinajstić information content (AvgIpc) is 3.07. The molecule has 4 N–H and O–H groups in total. The van der Waals surface area contributed by atoms with Crippen LogP contribution in [0.5, 0.6) is 23.0 Å². The summed E-state index contributed by atoms with van der Waals surface area (Å²) >= 11 is 0. The Morgan fingerprint density at radius 1 is 0.250 bits per heavy atom. The van der Waals surface area contributed by atoms with Crippen LogP contribution in [0, 0.1) is 0 Å². The summed E-state index contributed by atoms with van der Waals surface area (Å²) in [6.07, 6.45) is 0. The predicted molar refractivity (Wildman–Crippen MR) is 277 cm³/mol. The van der Waals surface area contributed by atoms with Gasteiger partial charge < -0.3 is 20.4 Å². The summed E-state index contributed by atoms with van der Waals surface area (Å²) in [6.45, 7) is 56.3.